The monoisotopic (exact) mass is 248 g/mol. The molecule has 0 unspecified atom stereocenters. The number of nitrogens with zero attached hydrogens (tertiary/aromatic N) is 2. The SMILES string of the molecule is CC(C)c1cccc(-c2cccc3nccnc23)c1. The Labute approximate surface area is 113 Å². The minimum absolute atomic E-state index is 0.529. The number of para-hydroxylation sites is 1. The first-order valence-electron chi connectivity index (χ1n) is 6.56. The average Bonchev–Trinajstić information content (AvgIpc) is 2.47. The van der Waals surface area contributed by atoms with E-state index in [4.69, 9.17) is 0 Å². The molecule has 3 rings (SSSR count). The molecule has 0 N–H and O–H groups in total. The van der Waals surface area contributed by atoms with Crippen LogP contribution < -0.4 is 0 Å². The van der Waals surface area contributed by atoms with E-state index < -0.39 is 0 Å². The number of hydrogen-bond donors (Lipinski definition) is 0. The first-order chi connectivity index (χ1) is 9.25. The normalized spacial score (nSPS) is 11.1. The number of benzene rings is 2. The number of fused-ring (bicyclic) bond motifs is 1. The third-order valence-electron chi connectivity index (χ3n) is 3.36. The maximum absolute atomic E-state index is 4.47. The molecule has 0 saturated heterocycles. The molecular weight excluding hydrogens is 232 g/mol. The topological polar surface area (TPSA) is 25.8 Å². The third kappa shape index (κ3) is 2.22. The molecule has 1 aromatic heterocycles. The zero-order chi connectivity index (χ0) is 13.2. The first kappa shape index (κ1) is 11.8. The van der Waals surface area contributed by atoms with E-state index in [1.807, 2.05) is 12.1 Å². The lowest BCUT2D eigenvalue weighted by atomic mass is 9.97. The van der Waals surface area contributed by atoms with Crippen molar-refractivity contribution in [1.29, 1.82) is 0 Å². The van der Waals surface area contributed by atoms with Crippen LogP contribution in [0.4, 0.5) is 0 Å². The second-order valence-corrected chi connectivity index (χ2v) is 5.01. The molecule has 94 valence electrons. The second kappa shape index (κ2) is 4.81. The molecule has 0 aliphatic rings. The molecule has 0 aliphatic carbocycles. The van der Waals surface area contributed by atoms with Crippen LogP contribution in [-0.4, -0.2) is 9.97 Å². The zero-order valence-corrected chi connectivity index (χ0v) is 11.2. The molecule has 2 aromatic carbocycles. The Balaban J connectivity index is 2.22. The maximum Gasteiger partial charge on any atom is 0.0965 e. The van der Waals surface area contributed by atoms with Crippen molar-refractivity contribution in [1.82, 2.24) is 9.97 Å². The summed E-state index contributed by atoms with van der Waals surface area (Å²) in [6.07, 6.45) is 3.48. The largest absolute Gasteiger partial charge is 0.253 e. The van der Waals surface area contributed by atoms with Crippen LogP contribution >= 0.6 is 0 Å². The number of hydrogen-bond acceptors (Lipinski definition) is 2. The summed E-state index contributed by atoms with van der Waals surface area (Å²) < 4.78 is 0. The summed E-state index contributed by atoms with van der Waals surface area (Å²) in [6.45, 7) is 4.42. The van der Waals surface area contributed by atoms with Gasteiger partial charge in [0.05, 0.1) is 11.0 Å². The van der Waals surface area contributed by atoms with Crippen molar-refractivity contribution >= 4 is 11.0 Å². The fourth-order valence-corrected chi connectivity index (χ4v) is 2.29. The van der Waals surface area contributed by atoms with Crippen molar-refractivity contribution in [2.24, 2.45) is 0 Å². The van der Waals surface area contributed by atoms with Gasteiger partial charge in [0.15, 0.2) is 0 Å². The zero-order valence-electron chi connectivity index (χ0n) is 11.2. The summed E-state index contributed by atoms with van der Waals surface area (Å²) in [5.74, 6) is 0.529. The summed E-state index contributed by atoms with van der Waals surface area (Å²) in [5, 5.41) is 0. The third-order valence-corrected chi connectivity index (χ3v) is 3.36. The van der Waals surface area contributed by atoms with Crippen molar-refractivity contribution in [3.63, 3.8) is 0 Å². The van der Waals surface area contributed by atoms with E-state index in [-0.39, 0.29) is 0 Å². The predicted molar refractivity (Wildman–Crippen MR) is 79.1 cm³/mol. The van der Waals surface area contributed by atoms with Gasteiger partial charge in [-0.25, -0.2) is 0 Å². The predicted octanol–water partition coefficient (Wildman–Crippen LogP) is 4.42. The molecule has 19 heavy (non-hydrogen) atoms. The smallest absolute Gasteiger partial charge is 0.0965 e. The van der Waals surface area contributed by atoms with Gasteiger partial charge in [-0.05, 0) is 23.1 Å². The Morgan fingerprint density at radius 1 is 0.895 bits per heavy atom. The van der Waals surface area contributed by atoms with Gasteiger partial charge in [-0.3, -0.25) is 9.97 Å². The first-order valence-corrected chi connectivity index (χ1v) is 6.56. The van der Waals surface area contributed by atoms with E-state index >= 15 is 0 Å². The molecule has 0 atom stereocenters. The van der Waals surface area contributed by atoms with Crippen LogP contribution in [0.25, 0.3) is 22.2 Å². The molecule has 2 nitrogen and oxygen atoms in total. The van der Waals surface area contributed by atoms with Crippen LogP contribution in [0.2, 0.25) is 0 Å². The van der Waals surface area contributed by atoms with Crippen LogP contribution in [-0.2, 0) is 0 Å². The molecule has 0 aliphatic heterocycles. The van der Waals surface area contributed by atoms with Crippen molar-refractivity contribution in [3.8, 4) is 11.1 Å². The lowest BCUT2D eigenvalue weighted by Crippen LogP contribution is -1.90. The second-order valence-electron chi connectivity index (χ2n) is 5.01. The van der Waals surface area contributed by atoms with Crippen molar-refractivity contribution < 1.29 is 0 Å². The fourth-order valence-electron chi connectivity index (χ4n) is 2.29. The molecule has 0 bridgehead atoms. The van der Waals surface area contributed by atoms with Crippen molar-refractivity contribution in [3.05, 3.63) is 60.4 Å². The Bertz CT molecular complexity index is 712. The van der Waals surface area contributed by atoms with E-state index in [1.165, 1.54) is 11.1 Å². The molecule has 0 amide bonds. The van der Waals surface area contributed by atoms with E-state index in [9.17, 15) is 0 Å². The lowest BCUT2D eigenvalue weighted by Gasteiger charge is -2.09. The maximum atomic E-state index is 4.47. The number of aromatic nitrogens is 2. The quantitative estimate of drug-likeness (QED) is 0.671. The van der Waals surface area contributed by atoms with E-state index in [1.54, 1.807) is 12.4 Å². The molecule has 0 fully saturated rings. The van der Waals surface area contributed by atoms with E-state index in [0.717, 1.165) is 16.6 Å². The van der Waals surface area contributed by atoms with Gasteiger partial charge in [0.25, 0.3) is 0 Å². The molecule has 0 spiro atoms. The molecule has 1 heterocycles. The molecule has 0 saturated carbocycles. The minimum atomic E-state index is 0.529. The summed E-state index contributed by atoms with van der Waals surface area (Å²) in [4.78, 5) is 8.83. The Kier molecular flexibility index (Phi) is 3.00. The van der Waals surface area contributed by atoms with Gasteiger partial charge in [0, 0.05) is 18.0 Å². The molecular formula is C17H16N2. The average molecular weight is 248 g/mol. The van der Waals surface area contributed by atoms with Gasteiger partial charge in [-0.1, -0.05) is 50.2 Å². The van der Waals surface area contributed by atoms with Gasteiger partial charge in [-0.2, -0.15) is 0 Å². The van der Waals surface area contributed by atoms with Gasteiger partial charge >= 0.3 is 0 Å². The van der Waals surface area contributed by atoms with Crippen LogP contribution in [0.5, 0.6) is 0 Å². The minimum Gasteiger partial charge on any atom is -0.253 e. The summed E-state index contributed by atoms with van der Waals surface area (Å²) in [7, 11) is 0. The highest BCUT2D eigenvalue weighted by atomic mass is 14.8. The fraction of sp³-hybridized carbons (Fsp3) is 0.176. The summed E-state index contributed by atoms with van der Waals surface area (Å²) >= 11 is 0. The van der Waals surface area contributed by atoms with Crippen LogP contribution in [0, 0.1) is 0 Å². The summed E-state index contributed by atoms with van der Waals surface area (Å²) in [5.41, 5.74) is 5.60. The van der Waals surface area contributed by atoms with Crippen LogP contribution in [0.15, 0.2) is 54.9 Å². The van der Waals surface area contributed by atoms with E-state index in [2.05, 4.69) is 54.1 Å². The van der Waals surface area contributed by atoms with Gasteiger partial charge < -0.3 is 0 Å². The standard InChI is InChI=1S/C17H16N2/c1-12(2)13-5-3-6-14(11-13)15-7-4-8-16-17(15)19-10-9-18-16/h3-12H,1-2H3. The summed E-state index contributed by atoms with van der Waals surface area (Å²) in [6, 6.07) is 14.8. The highest BCUT2D eigenvalue weighted by molar-refractivity contribution is 5.91. The van der Waals surface area contributed by atoms with Gasteiger partial charge in [0.2, 0.25) is 0 Å². The molecule has 0 radical (unpaired) electrons. The molecule has 3 aromatic rings. The van der Waals surface area contributed by atoms with Crippen LogP contribution in [0.3, 0.4) is 0 Å². The Morgan fingerprint density at radius 3 is 2.53 bits per heavy atom. The molecule has 2 heteroatoms. The van der Waals surface area contributed by atoms with Crippen LogP contribution in [0.1, 0.15) is 25.3 Å². The Hall–Kier alpha value is -2.22. The number of rotatable bonds is 2. The highest BCUT2D eigenvalue weighted by Crippen LogP contribution is 2.28. The lowest BCUT2D eigenvalue weighted by molar-refractivity contribution is 0.867. The highest BCUT2D eigenvalue weighted by Gasteiger charge is 2.07. The Morgan fingerprint density at radius 2 is 1.68 bits per heavy atom. The van der Waals surface area contributed by atoms with Gasteiger partial charge in [-0.15, -0.1) is 0 Å². The van der Waals surface area contributed by atoms with Crippen molar-refractivity contribution in [2.45, 2.75) is 19.8 Å². The van der Waals surface area contributed by atoms with Gasteiger partial charge in [0.1, 0.15) is 0 Å². The van der Waals surface area contributed by atoms with Crippen molar-refractivity contribution in [2.75, 3.05) is 0 Å². The van der Waals surface area contributed by atoms with E-state index in [0.29, 0.717) is 5.92 Å².